The summed E-state index contributed by atoms with van der Waals surface area (Å²) in [5.41, 5.74) is 0. The van der Waals surface area contributed by atoms with Crippen LogP contribution in [-0.4, -0.2) is 78.5 Å². The first-order valence-corrected chi connectivity index (χ1v) is 30.0. The summed E-state index contributed by atoms with van der Waals surface area (Å²) in [4.78, 5) is 0. The van der Waals surface area contributed by atoms with E-state index in [4.69, 9.17) is 0 Å². The monoisotopic (exact) mass is 1030 g/mol. The van der Waals surface area contributed by atoms with Gasteiger partial charge in [0.2, 0.25) is 31.2 Å². The standard InChI is InChI=1S/3C16H34O4S.Ga/c3*1-2-3-4-5-6-7-8-9-10-11-12-13-14-15-16-20-21(17,18)19;/h3*2-16H2,1H3,(H,17,18,19);/q;;;+3/p-3. The van der Waals surface area contributed by atoms with E-state index in [1.165, 1.54) is 212 Å². The quantitative estimate of drug-likeness (QED) is 0.0242. The second-order valence-corrected chi connectivity index (χ2v) is 20.6. The molecule has 12 nitrogen and oxygen atoms in total. The van der Waals surface area contributed by atoms with Crippen molar-refractivity contribution >= 4 is 51.0 Å². The summed E-state index contributed by atoms with van der Waals surface area (Å²) < 4.78 is 104. The molecule has 0 atom stereocenters. The van der Waals surface area contributed by atoms with Crippen molar-refractivity contribution in [1.29, 1.82) is 0 Å². The third-order valence-corrected chi connectivity index (χ3v) is 12.5. The van der Waals surface area contributed by atoms with Gasteiger partial charge in [0.25, 0.3) is 0 Å². The van der Waals surface area contributed by atoms with E-state index in [1.807, 2.05) is 0 Å². The largest absolute Gasteiger partial charge is 3.00 e. The van der Waals surface area contributed by atoms with Gasteiger partial charge < -0.3 is 13.7 Å². The SMILES string of the molecule is CCCCCCCCCCCCCCCCOS(=O)(=O)[O-].CCCCCCCCCCCCCCCCOS(=O)(=O)[O-].CCCCCCCCCCCCCCCCOS(=O)(=O)[O-].[Ga+3]. The molecule has 0 aliphatic carbocycles. The van der Waals surface area contributed by atoms with Crippen LogP contribution in [0.4, 0.5) is 0 Å². The fourth-order valence-corrected chi connectivity index (χ4v) is 8.34. The molecule has 0 radical (unpaired) electrons. The molecule has 16 heteroatoms. The Morgan fingerprint density at radius 3 is 0.453 bits per heavy atom. The van der Waals surface area contributed by atoms with Crippen LogP contribution in [0, 0.1) is 0 Å². The summed E-state index contributed by atoms with van der Waals surface area (Å²) >= 11 is 0. The van der Waals surface area contributed by atoms with Gasteiger partial charge >= 0.3 is 19.8 Å². The van der Waals surface area contributed by atoms with Crippen LogP contribution in [-0.2, 0) is 43.7 Å². The summed E-state index contributed by atoms with van der Waals surface area (Å²) in [6, 6.07) is 0. The van der Waals surface area contributed by atoms with Crippen LogP contribution >= 0.6 is 0 Å². The molecule has 0 N–H and O–H groups in total. The van der Waals surface area contributed by atoms with Crippen LogP contribution in [0.5, 0.6) is 0 Å². The Kier molecular flexibility index (Phi) is 61.8. The smallest absolute Gasteiger partial charge is 0.726 e. The Morgan fingerprint density at radius 2 is 0.344 bits per heavy atom. The van der Waals surface area contributed by atoms with E-state index < -0.39 is 31.2 Å². The Morgan fingerprint density at radius 1 is 0.234 bits per heavy atom. The molecule has 0 aromatic carbocycles. The molecule has 0 amide bonds. The molecule has 0 saturated carbocycles. The van der Waals surface area contributed by atoms with Crippen molar-refractivity contribution in [3.63, 3.8) is 0 Å². The normalized spacial score (nSPS) is 11.7. The number of rotatable bonds is 48. The van der Waals surface area contributed by atoms with E-state index in [0.717, 1.165) is 38.5 Å². The minimum Gasteiger partial charge on any atom is -0.726 e. The van der Waals surface area contributed by atoms with E-state index in [9.17, 15) is 38.9 Å². The van der Waals surface area contributed by atoms with E-state index in [-0.39, 0.29) is 39.6 Å². The topological polar surface area (TPSA) is 199 Å². The fraction of sp³-hybridized carbons (Fsp3) is 1.00. The maximum absolute atomic E-state index is 10.2. The van der Waals surface area contributed by atoms with Crippen LogP contribution in [0.2, 0.25) is 0 Å². The first-order valence-electron chi connectivity index (χ1n) is 26.0. The third-order valence-electron chi connectivity index (χ3n) is 11.2. The molecule has 0 spiro atoms. The molecule has 0 aliphatic rings. The molecule has 0 rings (SSSR count). The molecule has 0 aromatic rings. The molecular weight excluding hydrogens is 934 g/mol. The van der Waals surface area contributed by atoms with Crippen LogP contribution in [0.1, 0.15) is 290 Å². The Bertz CT molecular complexity index is 1060. The average Bonchev–Trinajstić information content (AvgIpc) is 3.21. The van der Waals surface area contributed by atoms with Crippen LogP contribution in [0.3, 0.4) is 0 Å². The van der Waals surface area contributed by atoms with Gasteiger partial charge in [-0.1, -0.05) is 271 Å². The van der Waals surface area contributed by atoms with Crippen molar-refractivity contribution in [1.82, 2.24) is 0 Å². The molecule has 0 bridgehead atoms. The maximum atomic E-state index is 10.2. The number of hydrogen-bond donors (Lipinski definition) is 0. The Hall–Kier alpha value is 0.246. The zero-order valence-corrected chi connectivity index (χ0v) is 46.4. The van der Waals surface area contributed by atoms with Crippen molar-refractivity contribution in [2.75, 3.05) is 19.8 Å². The third kappa shape index (κ3) is 79.3. The molecular formula is C48H99GaO12S3. The first-order chi connectivity index (χ1) is 30.2. The van der Waals surface area contributed by atoms with E-state index >= 15 is 0 Å². The maximum Gasteiger partial charge on any atom is 3.00 e. The van der Waals surface area contributed by atoms with Crippen molar-refractivity contribution in [2.24, 2.45) is 0 Å². The summed E-state index contributed by atoms with van der Waals surface area (Å²) in [7, 11) is -13.5. The summed E-state index contributed by atoms with van der Waals surface area (Å²) in [6.45, 7) is 6.84. The van der Waals surface area contributed by atoms with Crippen LogP contribution in [0.25, 0.3) is 0 Å². The van der Waals surface area contributed by atoms with Gasteiger partial charge in [-0.2, -0.15) is 0 Å². The van der Waals surface area contributed by atoms with Gasteiger partial charge in [-0.05, 0) is 19.3 Å². The fourth-order valence-electron chi connectivity index (χ4n) is 7.37. The summed E-state index contributed by atoms with van der Waals surface area (Å²) in [5.74, 6) is 0. The minimum absolute atomic E-state index is 0. The second kappa shape index (κ2) is 55.8. The van der Waals surface area contributed by atoms with Gasteiger partial charge in [0.1, 0.15) is 0 Å². The van der Waals surface area contributed by atoms with Gasteiger partial charge in [-0.3, -0.25) is 12.5 Å². The summed E-state index contributed by atoms with van der Waals surface area (Å²) in [6.07, 6.45) is 52.2. The zero-order valence-electron chi connectivity index (χ0n) is 41.5. The molecule has 0 heterocycles. The van der Waals surface area contributed by atoms with Gasteiger partial charge in [-0.15, -0.1) is 0 Å². The second-order valence-electron chi connectivity index (χ2n) is 17.5. The van der Waals surface area contributed by atoms with Crippen LogP contribution < -0.4 is 0 Å². The van der Waals surface area contributed by atoms with Gasteiger partial charge in [0, 0.05) is 0 Å². The van der Waals surface area contributed by atoms with Gasteiger partial charge in [0.05, 0.1) is 19.8 Å². The van der Waals surface area contributed by atoms with E-state index in [2.05, 4.69) is 33.3 Å². The first kappa shape index (κ1) is 70.8. The van der Waals surface area contributed by atoms with Crippen molar-refractivity contribution in [3.8, 4) is 0 Å². The van der Waals surface area contributed by atoms with Crippen LogP contribution in [0.15, 0.2) is 0 Å². The van der Waals surface area contributed by atoms with E-state index in [0.29, 0.717) is 19.3 Å². The van der Waals surface area contributed by atoms with E-state index in [1.54, 1.807) is 0 Å². The number of hydrogen-bond acceptors (Lipinski definition) is 12. The van der Waals surface area contributed by atoms with Gasteiger partial charge in [0.15, 0.2) is 0 Å². The molecule has 0 aliphatic heterocycles. The molecule has 0 fully saturated rings. The Labute approximate surface area is 410 Å². The van der Waals surface area contributed by atoms with Crippen molar-refractivity contribution < 1.29 is 51.5 Å². The molecule has 0 unspecified atom stereocenters. The van der Waals surface area contributed by atoms with Gasteiger partial charge in [-0.25, -0.2) is 25.3 Å². The predicted octanol–water partition coefficient (Wildman–Crippen LogP) is 14.5. The zero-order chi connectivity index (χ0) is 47.4. The van der Waals surface area contributed by atoms with Crippen molar-refractivity contribution in [3.05, 3.63) is 0 Å². The average molecular weight is 1030 g/mol. The molecule has 0 aromatic heterocycles. The minimum atomic E-state index is -4.49. The molecule has 384 valence electrons. The number of unbranched alkanes of at least 4 members (excludes halogenated alkanes) is 39. The van der Waals surface area contributed by atoms with Crippen molar-refractivity contribution in [2.45, 2.75) is 290 Å². The summed E-state index contributed by atoms with van der Waals surface area (Å²) in [5, 5.41) is 0. The molecule has 0 saturated heterocycles. The predicted molar refractivity (Wildman–Crippen MR) is 264 cm³/mol. The Balaban J connectivity index is -0.000000419. The molecule has 64 heavy (non-hydrogen) atoms.